The summed E-state index contributed by atoms with van der Waals surface area (Å²) in [5.41, 5.74) is 9.10. The Bertz CT molecular complexity index is 1910. The van der Waals surface area contributed by atoms with E-state index in [-0.39, 0.29) is 18.1 Å². The largest absolute Gasteiger partial charge is 0.491 e. The number of pyridine rings is 2. The van der Waals surface area contributed by atoms with Gasteiger partial charge in [-0.2, -0.15) is 9.67 Å². The van der Waals surface area contributed by atoms with Gasteiger partial charge in [0.25, 0.3) is 11.5 Å². The van der Waals surface area contributed by atoms with Crippen LogP contribution in [0.15, 0.2) is 83.5 Å². The molecule has 4 aromatic rings. The Kier molecular flexibility index (Phi) is 9.85. The summed E-state index contributed by atoms with van der Waals surface area (Å²) in [4.78, 5) is 47.9. The Hall–Kier alpha value is -5.83. The minimum absolute atomic E-state index is 0.0410. The molecular formula is C33H38N12O3. The molecule has 1 saturated heterocycles. The third-order valence-corrected chi connectivity index (χ3v) is 8.10. The van der Waals surface area contributed by atoms with Gasteiger partial charge in [-0.3, -0.25) is 14.6 Å². The number of carbonyl (C=O) groups excluding carboxylic acids is 1. The van der Waals surface area contributed by atoms with Crippen molar-refractivity contribution in [2.45, 2.75) is 19.4 Å². The van der Waals surface area contributed by atoms with Crippen LogP contribution in [0.25, 0.3) is 11.9 Å². The van der Waals surface area contributed by atoms with Crippen LogP contribution in [0.1, 0.15) is 34.6 Å². The summed E-state index contributed by atoms with van der Waals surface area (Å²) in [7, 11) is 3.66. The molecule has 0 unspecified atom stereocenters. The predicted molar refractivity (Wildman–Crippen MR) is 181 cm³/mol. The zero-order valence-corrected chi connectivity index (χ0v) is 26.9. The monoisotopic (exact) mass is 650 g/mol. The number of carbonyl (C=O) groups is 1. The highest BCUT2D eigenvalue weighted by atomic mass is 16.5. The van der Waals surface area contributed by atoms with E-state index in [1.165, 1.54) is 34.3 Å². The van der Waals surface area contributed by atoms with Gasteiger partial charge in [0.1, 0.15) is 5.56 Å². The van der Waals surface area contributed by atoms with Gasteiger partial charge in [0.05, 0.1) is 19.9 Å². The van der Waals surface area contributed by atoms with E-state index in [9.17, 15) is 9.59 Å². The number of nitrogens with zero attached hydrogens (tertiary/aromatic N) is 9. The Balaban J connectivity index is 1.09. The number of anilines is 2. The Morgan fingerprint density at radius 1 is 1.08 bits per heavy atom. The number of hydrogen-bond donors (Lipinski definition) is 3. The fraction of sp³-hybridized carbons (Fsp3) is 0.303. The van der Waals surface area contributed by atoms with Crippen LogP contribution in [0.4, 0.5) is 11.9 Å². The van der Waals surface area contributed by atoms with E-state index in [1.54, 1.807) is 42.9 Å². The molecule has 5 heterocycles. The minimum atomic E-state index is -0.490. The SMILES string of the molecule is COc1cnc(/C=C/CNC(=O)c2cccn(Cc3cccnc3)c2=O)nc1-n1nc(NC2=CC=C(N3CCN(C)CC3)CC2)nc1N. The second-order valence-electron chi connectivity index (χ2n) is 11.4. The van der Waals surface area contributed by atoms with Crippen molar-refractivity contribution in [3.05, 3.63) is 106 Å². The molecule has 15 nitrogen and oxygen atoms in total. The van der Waals surface area contributed by atoms with Crippen LogP contribution in [0.5, 0.6) is 5.75 Å². The van der Waals surface area contributed by atoms with E-state index in [2.05, 4.69) is 64.7 Å². The number of amides is 1. The molecular weight excluding hydrogens is 612 g/mol. The highest BCUT2D eigenvalue weighted by molar-refractivity contribution is 5.93. The maximum atomic E-state index is 12.9. The van der Waals surface area contributed by atoms with Crippen LogP contribution in [0, 0.1) is 0 Å². The number of rotatable bonds is 11. The average molecular weight is 651 g/mol. The van der Waals surface area contributed by atoms with E-state index in [0.29, 0.717) is 29.9 Å². The molecule has 0 saturated carbocycles. The van der Waals surface area contributed by atoms with Gasteiger partial charge in [0.2, 0.25) is 17.7 Å². The topological polar surface area (TPSA) is 174 Å². The van der Waals surface area contributed by atoms with Crippen molar-refractivity contribution < 1.29 is 9.53 Å². The number of nitrogen functional groups attached to an aromatic ring is 1. The highest BCUT2D eigenvalue weighted by Crippen LogP contribution is 2.25. The van der Waals surface area contributed by atoms with Gasteiger partial charge < -0.3 is 35.5 Å². The zero-order chi connectivity index (χ0) is 33.5. The minimum Gasteiger partial charge on any atom is -0.491 e. The first kappa shape index (κ1) is 32.1. The summed E-state index contributed by atoms with van der Waals surface area (Å²) in [5.74, 6) is 0.972. The van der Waals surface area contributed by atoms with Gasteiger partial charge in [-0.1, -0.05) is 12.1 Å². The van der Waals surface area contributed by atoms with Crippen LogP contribution < -0.4 is 26.7 Å². The molecule has 4 N–H and O–H groups in total. The molecule has 0 bridgehead atoms. The number of aromatic nitrogens is 7. The van der Waals surface area contributed by atoms with Crippen molar-refractivity contribution in [3.8, 4) is 11.6 Å². The number of ether oxygens (including phenoxy) is 1. The molecule has 4 aromatic heterocycles. The van der Waals surface area contributed by atoms with E-state index in [1.807, 2.05) is 6.07 Å². The second kappa shape index (κ2) is 14.7. The number of hydrogen-bond acceptors (Lipinski definition) is 12. The Morgan fingerprint density at radius 3 is 2.69 bits per heavy atom. The molecule has 0 atom stereocenters. The van der Waals surface area contributed by atoms with Crippen molar-refractivity contribution in [3.63, 3.8) is 0 Å². The number of nitrogens with one attached hydrogen (secondary N) is 2. The van der Waals surface area contributed by atoms with Crippen LogP contribution in [-0.4, -0.2) is 96.9 Å². The summed E-state index contributed by atoms with van der Waals surface area (Å²) in [5, 5.41) is 10.6. The first-order chi connectivity index (χ1) is 23.4. The maximum Gasteiger partial charge on any atom is 0.263 e. The first-order valence-electron chi connectivity index (χ1n) is 15.6. The summed E-state index contributed by atoms with van der Waals surface area (Å²) in [6, 6.07) is 6.83. The summed E-state index contributed by atoms with van der Waals surface area (Å²) in [6.45, 7) is 4.67. The van der Waals surface area contributed by atoms with E-state index >= 15 is 0 Å². The lowest BCUT2D eigenvalue weighted by atomic mass is 10.1. The number of methoxy groups -OCH3 is 1. The van der Waals surface area contributed by atoms with Crippen molar-refractivity contribution in [1.29, 1.82) is 0 Å². The van der Waals surface area contributed by atoms with E-state index in [4.69, 9.17) is 10.5 Å². The summed E-state index contributed by atoms with van der Waals surface area (Å²) in [6.07, 6.45) is 15.8. The Labute approximate surface area is 277 Å². The van der Waals surface area contributed by atoms with Crippen LogP contribution in [0.2, 0.25) is 0 Å². The Morgan fingerprint density at radius 2 is 1.94 bits per heavy atom. The first-order valence-corrected chi connectivity index (χ1v) is 15.6. The molecule has 2 aliphatic rings. The lowest BCUT2D eigenvalue weighted by Gasteiger charge is -2.36. The number of allylic oxidation sites excluding steroid dienone is 4. The van der Waals surface area contributed by atoms with Crippen molar-refractivity contribution in [2.75, 3.05) is 57.9 Å². The molecule has 1 aliphatic carbocycles. The third-order valence-electron chi connectivity index (χ3n) is 8.10. The van der Waals surface area contributed by atoms with Gasteiger partial charge in [0, 0.05) is 62.7 Å². The summed E-state index contributed by atoms with van der Waals surface area (Å²) < 4.78 is 8.34. The molecule has 0 spiro atoms. The number of piperazine rings is 1. The fourth-order valence-corrected chi connectivity index (χ4v) is 5.45. The third kappa shape index (κ3) is 7.58. The second-order valence-corrected chi connectivity index (χ2v) is 11.4. The molecule has 6 rings (SSSR count). The van der Waals surface area contributed by atoms with Gasteiger partial charge in [-0.15, -0.1) is 5.10 Å². The quantitative estimate of drug-likeness (QED) is 0.216. The normalized spacial score (nSPS) is 15.2. The molecule has 0 radical (unpaired) electrons. The lowest BCUT2D eigenvalue weighted by molar-refractivity contribution is 0.0956. The van der Waals surface area contributed by atoms with Gasteiger partial charge in [0.15, 0.2) is 11.6 Å². The summed E-state index contributed by atoms with van der Waals surface area (Å²) >= 11 is 0. The van der Waals surface area contributed by atoms with Crippen molar-refractivity contribution in [1.82, 2.24) is 49.4 Å². The predicted octanol–water partition coefficient (Wildman–Crippen LogP) is 1.92. The van der Waals surface area contributed by atoms with Crippen molar-refractivity contribution in [2.24, 2.45) is 0 Å². The maximum absolute atomic E-state index is 12.9. The molecule has 0 aromatic carbocycles. The van der Waals surface area contributed by atoms with Crippen LogP contribution >= 0.6 is 0 Å². The van der Waals surface area contributed by atoms with Crippen molar-refractivity contribution >= 4 is 23.9 Å². The van der Waals surface area contributed by atoms with Crippen LogP contribution in [-0.2, 0) is 6.54 Å². The molecule has 1 fully saturated rings. The smallest absolute Gasteiger partial charge is 0.263 e. The lowest BCUT2D eigenvalue weighted by Crippen LogP contribution is -2.44. The zero-order valence-electron chi connectivity index (χ0n) is 26.9. The van der Waals surface area contributed by atoms with Gasteiger partial charge in [-0.05, 0) is 61.9 Å². The standard InChI is InChI=1S/C33H38N12O3/c1-42-16-18-43(19-17-42)25-11-9-24(10-12-25)38-33-40-32(34)45(41-33)29-27(48-2)21-37-28(39-29)8-4-14-36-30(46)26-7-5-15-44(31(26)47)22-23-6-3-13-35-20-23/h3-9,11,13,15,20-21H,10,12,14,16-19,22H2,1-2H3,(H,36,46)(H3,34,38,40,41)/b8-4+. The van der Waals surface area contributed by atoms with Crippen LogP contribution in [0.3, 0.4) is 0 Å². The average Bonchev–Trinajstić information content (AvgIpc) is 3.47. The highest BCUT2D eigenvalue weighted by Gasteiger charge is 2.20. The fourth-order valence-electron chi connectivity index (χ4n) is 5.45. The molecule has 48 heavy (non-hydrogen) atoms. The van der Waals surface area contributed by atoms with E-state index in [0.717, 1.165) is 50.3 Å². The molecule has 1 amide bonds. The molecule has 15 heteroatoms. The molecule has 248 valence electrons. The number of nitrogens with two attached hydrogens (primary N) is 1. The van der Waals surface area contributed by atoms with Gasteiger partial charge in [-0.25, -0.2) is 9.97 Å². The van der Waals surface area contributed by atoms with Gasteiger partial charge >= 0.3 is 0 Å². The molecule has 1 aliphatic heterocycles. The number of likely N-dealkylation sites (N-methyl/N-ethyl adjacent to an activating group) is 1. The van der Waals surface area contributed by atoms with E-state index < -0.39 is 11.5 Å².